The lowest BCUT2D eigenvalue weighted by molar-refractivity contribution is -0.125. The highest BCUT2D eigenvalue weighted by molar-refractivity contribution is 5.99. The molecule has 1 N–H and O–H groups in total. The number of aliphatic hydroxyl groups excluding tert-OH is 1. The van der Waals surface area contributed by atoms with Crippen LogP contribution >= 0.6 is 0 Å². The number of rotatable bonds is 5. The van der Waals surface area contributed by atoms with Crippen LogP contribution in [0, 0.1) is 0 Å². The van der Waals surface area contributed by atoms with Gasteiger partial charge in [0.25, 0.3) is 5.91 Å². The second-order valence-corrected chi connectivity index (χ2v) is 5.37. The van der Waals surface area contributed by atoms with Crippen LogP contribution < -0.4 is 9.64 Å². The fraction of sp³-hybridized carbons (Fsp3) is 0.533. The van der Waals surface area contributed by atoms with Crippen molar-refractivity contribution in [2.24, 2.45) is 0 Å². The predicted octanol–water partition coefficient (Wildman–Crippen LogP) is 1.24. The van der Waals surface area contributed by atoms with Crippen molar-refractivity contribution < 1.29 is 14.6 Å². The first-order valence-electron chi connectivity index (χ1n) is 6.89. The summed E-state index contributed by atoms with van der Waals surface area (Å²) in [5.41, 5.74) is 1.55. The maximum atomic E-state index is 12.3. The second kappa shape index (κ2) is 6.24. The van der Waals surface area contributed by atoms with Gasteiger partial charge in [0.15, 0.2) is 6.10 Å². The van der Waals surface area contributed by atoms with Gasteiger partial charge >= 0.3 is 0 Å². The van der Waals surface area contributed by atoms with Gasteiger partial charge in [-0.2, -0.15) is 0 Å². The standard InChI is InChI=1S/C15H22N2O3/c1-11-15(19)17(8-4-7-16(2)3)13-9-12(10-18)5-6-14(13)20-11/h5-6,9,11,18H,4,7-8,10H2,1-3H3. The molecule has 0 aromatic heterocycles. The Morgan fingerprint density at radius 2 is 2.15 bits per heavy atom. The fourth-order valence-electron chi connectivity index (χ4n) is 2.33. The molecule has 0 spiro atoms. The number of amides is 1. The quantitative estimate of drug-likeness (QED) is 0.880. The molecule has 0 bridgehead atoms. The van der Waals surface area contributed by atoms with Crippen molar-refractivity contribution >= 4 is 11.6 Å². The van der Waals surface area contributed by atoms with Gasteiger partial charge in [-0.05, 0) is 51.7 Å². The lowest BCUT2D eigenvalue weighted by Crippen LogP contribution is -2.45. The van der Waals surface area contributed by atoms with Crippen LogP contribution in [0.2, 0.25) is 0 Å². The minimum atomic E-state index is -0.457. The van der Waals surface area contributed by atoms with E-state index in [4.69, 9.17) is 4.74 Å². The molecule has 0 aliphatic carbocycles. The molecule has 0 saturated carbocycles. The number of carbonyl (C=O) groups excluding carboxylic acids is 1. The van der Waals surface area contributed by atoms with E-state index in [0.717, 1.165) is 24.2 Å². The van der Waals surface area contributed by atoms with E-state index >= 15 is 0 Å². The third kappa shape index (κ3) is 3.11. The Bertz CT molecular complexity index is 488. The second-order valence-electron chi connectivity index (χ2n) is 5.37. The molecule has 1 aromatic carbocycles. The van der Waals surface area contributed by atoms with Crippen LogP contribution in [0.5, 0.6) is 5.75 Å². The topological polar surface area (TPSA) is 53.0 Å². The minimum absolute atomic E-state index is 0.0219. The number of fused-ring (bicyclic) bond motifs is 1. The molecule has 5 nitrogen and oxygen atoms in total. The third-order valence-electron chi connectivity index (χ3n) is 3.40. The van der Waals surface area contributed by atoms with Crippen molar-refractivity contribution in [3.8, 4) is 5.75 Å². The first kappa shape index (κ1) is 14.8. The first-order valence-corrected chi connectivity index (χ1v) is 6.89. The molecular formula is C15H22N2O3. The molecule has 1 unspecified atom stereocenters. The molecule has 110 valence electrons. The van der Waals surface area contributed by atoms with E-state index in [-0.39, 0.29) is 12.5 Å². The monoisotopic (exact) mass is 278 g/mol. The van der Waals surface area contributed by atoms with Gasteiger partial charge in [0, 0.05) is 6.54 Å². The van der Waals surface area contributed by atoms with Crippen LogP contribution in [0.3, 0.4) is 0 Å². The zero-order valence-electron chi connectivity index (χ0n) is 12.3. The van der Waals surface area contributed by atoms with Crippen molar-refractivity contribution in [1.82, 2.24) is 4.90 Å². The summed E-state index contributed by atoms with van der Waals surface area (Å²) >= 11 is 0. The molecule has 1 aliphatic rings. The smallest absolute Gasteiger partial charge is 0.267 e. The van der Waals surface area contributed by atoms with E-state index in [9.17, 15) is 9.90 Å². The Labute approximate surface area is 119 Å². The summed E-state index contributed by atoms with van der Waals surface area (Å²) < 4.78 is 5.62. The Kier molecular flexibility index (Phi) is 4.62. The molecule has 0 saturated heterocycles. The normalized spacial score (nSPS) is 18.1. The zero-order valence-corrected chi connectivity index (χ0v) is 12.3. The van der Waals surface area contributed by atoms with Crippen molar-refractivity contribution in [1.29, 1.82) is 0 Å². The lowest BCUT2D eigenvalue weighted by atomic mass is 10.1. The van der Waals surface area contributed by atoms with Gasteiger partial charge in [-0.1, -0.05) is 6.07 Å². The number of hydrogen-bond donors (Lipinski definition) is 1. The molecule has 1 heterocycles. The summed E-state index contributed by atoms with van der Waals surface area (Å²) in [7, 11) is 4.03. The summed E-state index contributed by atoms with van der Waals surface area (Å²) in [6, 6.07) is 5.47. The average molecular weight is 278 g/mol. The number of carbonyl (C=O) groups is 1. The highest BCUT2D eigenvalue weighted by Crippen LogP contribution is 2.35. The van der Waals surface area contributed by atoms with Gasteiger partial charge in [0.05, 0.1) is 12.3 Å². The Hall–Kier alpha value is -1.59. The molecule has 20 heavy (non-hydrogen) atoms. The average Bonchev–Trinajstić information content (AvgIpc) is 2.42. The van der Waals surface area contributed by atoms with Gasteiger partial charge in [0.2, 0.25) is 0 Å². The molecule has 1 aromatic rings. The van der Waals surface area contributed by atoms with Crippen LogP contribution in [-0.4, -0.2) is 49.2 Å². The van der Waals surface area contributed by atoms with Crippen LogP contribution in [0.15, 0.2) is 18.2 Å². The molecule has 0 radical (unpaired) electrons. The van der Waals surface area contributed by atoms with Gasteiger partial charge in [-0.3, -0.25) is 4.79 Å². The summed E-state index contributed by atoms with van der Waals surface area (Å²) in [6.45, 7) is 3.31. The summed E-state index contributed by atoms with van der Waals surface area (Å²) in [5, 5.41) is 9.24. The van der Waals surface area contributed by atoms with Gasteiger partial charge in [-0.15, -0.1) is 0 Å². The molecule has 2 rings (SSSR count). The van der Waals surface area contributed by atoms with E-state index in [1.165, 1.54) is 0 Å². The van der Waals surface area contributed by atoms with Gasteiger partial charge < -0.3 is 19.6 Å². The zero-order chi connectivity index (χ0) is 14.7. The van der Waals surface area contributed by atoms with E-state index in [2.05, 4.69) is 4.90 Å². The van der Waals surface area contributed by atoms with E-state index in [1.807, 2.05) is 32.3 Å². The van der Waals surface area contributed by atoms with Crippen LogP contribution in [0.1, 0.15) is 18.9 Å². The van der Waals surface area contributed by atoms with E-state index in [0.29, 0.717) is 12.3 Å². The molecule has 5 heteroatoms. The van der Waals surface area contributed by atoms with Crippen molar-refractivity contribution in [3.63, 3.8) is 0 Å². The number of anilines is 1. The van der Waals surface area contributed by atoms with Crippen molar-refractivity contribution in [2.45, 2.75) is 26.1 Å². The Balaban J connectivity index is 2.23. The highest BCUT2D eigenvalue weighted by atomic mass is 16.5. The van der Waals surface area contributed by atoms with Crippen molar-refractivity contribution in [3.05, 3.63) is 23.8 Å². The van der Waals surface area contributed by atoms with Crippen LogP contribution in [0.4, 0.5) is 5.69 Å². The molecule has 0 fully saturated rings. The van der Waals surface area contributed by atoms with E-state index < -0.39 is 6.10 Å². The number of aliphatic hydroxyl groups is 1. The fourth-order valence-corrected chi connectivity index (χ4v) is 2.33. The molecule has 1 aliphatic heterocycles. The van der Waals surface area contributed by atoms with Crippen LogP contribution in [0.25, 0.3) is 0 Å². The highest BCUT2D eigenvalue weighted by Gasteiger charge is 2.31. The molecular weight excluding hydrogens is 256 g/mol. The maximum absolute atomic E-state index is 12.3. The Morgan fingerprint density at radius 1 is 1.40 bits per heavy atom. The van der Waals surface area contributed by atoms with E-state index in [1.54, 1.807) is 11.8 Å². The number of hydrogen-bond acceptors (Lipinski definition) is 4. The SMILES string of the molecule is CC1Oc2ccc(CO)cc2N(CCCN(C)C)C1=O. The Morgan fingerprint density at radius 3 is 2.80 bits per heavy atom. The maximum Gasteiger partial charge on any atom is 0.267 e. The van der Waals surface area contributed by atoms with Gasteiger partial charge in [0.1, 0.15) is 5.75 Å². The summed E-state index contributed by atoms with van der Waals surface area (Å²) in [5.74, 6) is 0.686. The first-order chi connectivity index (χ1) is 9.52. The van der Waals surface area contributed by atoms with Crippen LogP contribution in [-0.2, 0) is 11.4 Å². The molecule has 1 amide bonds. The lowest BCUT2D eigenvalue weighted by Gasteiger charge is -2.33. The number of ether oxygens (including phenoxy) is 1. The van der Waals surface area contributed by atoms with Crippen molar-refractivity contribution in [2.75, 3.05) is 32.1 Å². The number of nitrogens with zero attached hydrogens (tertiary/aromatic N) is 2. The predicted molar refractivity (Wildman–Crippen MR) is 78.0 cm³/mol. The minimum Gasteiger partial charge on any atom is -0.479 e. The summed E-state index contributed by atoms with van der Waals surface area (Å²) in [4.78, 5) is 16.2. The molecule has 1 atom stereocenters. The third-order valence-corrected chi connectivity index (χ3v) is 3.40. The van der Waals surface area contributed by atoms with Gasteiger partial charge in [-0.25, -0.2) is 0 Å². The number of benzene rings is 1. The summed E-state index contributed by atoms with van der Waals surface area (Å²) in [6.07, 6.45) is 0.440. The largest absolute Gasteiger partial charge is 0.479 e.